The first kappa shape index (κ1) is 18.4. The molecule has 1 aromatic heterocycles. The number of fused-ring (bicyclic) bond motifs is 1. The van der Waals surface area contributed by atoms with Crippen molar-refractivity contribution in [2.45, 2.75) is 13.0 Å². The highest BCUT2D eigenvalue weighted by molar-refractivity contribution is 6.07. The molecule has 0 bridgehead atoms. The number of nitrogens with zero attached hydrogens (tertiary/aromatic N) is 3. The molecule has 0 unspecified atom stereocenters. The van der Waals surface area contributed by atoms with Gasteiger partial charge in [0.2, 0.25) is 0 Å². The molecule has 1 fully saturated rings. The Morgan fingerprint density at radius 2 is 2.00 bits per heavy atom. The molecule has 1 N–H and O–H groups in total. The normalized spacial score (nSPS) is 16.7. The molecule has 2 aliphatic heterocycles. The fourth-order valence-electron chi connectivity index (χ4n) is 3.42. The van der Waals surface area contributed by atoms with Gasteiger partial charge in [-0.15, -0.1) is 0 Å². The SMILES string of the molecule is O=C1CCN(C(=O)NCc2cccc(F)c2)c2ccc(N3CCOCC3)nc21. The average Bonchev–Trinajstić information content (AvgIpc) is 2.73. The summed E-state index contributed by atoms with van der Waals surface area (Å²) in [5.74, 6) is 0.303. The summed E-state index contributed by atoms with van der Waals surface area (Å²) in [6, 6.07) is 9.34. The second kappa shape index (κ2) is 7.93. The van der Waals surface area contributed by atoms with Crippen LogP contribution in [0, 0.1) is 5.82 Å². The van der Waals surface area contributed by atoms with Crippen molar-refractivity contribution in [3.8, 4) is 0 Å². The van der Waals surface area contributed by atoms with Gasteiger partial charge >= 0.3 is 6.03 Å². The maximum atomic E-state index is 13.3. The second-order valence-corrected chi connectivity index (χ2v) is 6.75. The molecular weight excluding hydrogens is 363 g/mol. The smallest absolute Gasteiger partial charge is 0.322 e. The molecule has 0 spiro atoms. The van der Waals surface area contributed by atoms with Crippen molar-refractivity contribution < 1.29 is 18.7 Å². The summed E-state index contributed by atoms with van der Waals surface area (Å²) < 4.78 is 18.7. The molecule has 0 aliphatic carbocycles. The van der Waals surface area contributed by atoms with Gasteiger partial charge in [0.1, 0.15) is 17.3 Å². The van der Waals surface area contributed by atoms with Crippen LogP contribution in [0.5, 0.6) is 0 Å². The minimum Gasteiger partial charge on any atom is -0.378 e. The minimum absolute atomic E-state index is 0.0701. The number of nitrogens with one attached hydrogen (secondary N) is 1. The van der Waals surface area contributed by atoms with E-state index in [1.807, 2.05) is 6.07 Å². The fraction of sp³-hybridized carbons (Fsp3) is 0.350. The number of hydrogen-bond acceptors (Lipinski definition) is 5. The van der Waals surface area contributed by atoms with Gasteiger partial charge in [-0.25, -0.2) is 14.2 Å². The molecule has 2 aliphatic rings. The van der Waals surface area contributed by atoms with Crippen LogP contribution in [0.2, 0.25) is 0 Å². The summed E-state index contributed by atoms with van der Waals surface area (Å²) in [6.07, 6.45) is 0.222. The number of halogens is 1. The van der Waals surface area contributed by atoms with Crippen LogP contribution in [0.4, 0.5) is 20.7 Å². The van der Waals surface area contributed by atoms with Gasteiger partial charge in [-0.1, -0.05) is 12.1 Å². The van der Waals surface area contributed by atoms with Crippen LogP contribution in [0.3, 0.4) is 0 Å². The highest BCUT2D eigenvalue weighted by Crippen LogP contribution is 2.28. The first-order valence-electron chi connectivity index (χ1n) is 9.28. The Balaban J connectivity index is 1.51. The highest BCUT2D eigenvalue weighted by atomic mass is 19.1. The average molecular weight is 384 g/mol. The maximum Gasteiger partial charge on any atom is 0.322 e. The van der Waals surface area contributed by atoms with E-state index in [-0.39, 0.29) is 30.6 Å². The van der Waals surface area contributed by atoms with Crippen LogP contribution in [-0.4, -0.2) is 49.6 Å². The van der Waals surface area contributed by atoms with Gasteiger partial charge in [-0.05, 0) is 29.8 Å². The number of morpholine rings is 1. The molecule has 28 heavy (non-hydrogen) atoms. The zero-order valence-electron chi connectivity index (χ0n) is 15.4. The fourth-order valence-corrected chi connectivity index (χ4v) is 3.42. The molecule has 4 rings (SSSR count). The molecule has 3 heterocycles. The lowest BCUT2D eigenvalue weighted by Crippen LogP contribution is -2.44. The number of carbonyl (C=O) groups is 2. The Kier molecular flexibility index (Phi) is 5.21. The van der Waals surface area contributed by atoms with Crippen molar-refractivity contribution >= 4 is 23.3 Å². The molecule has 2 amide bonds. The van der Waals surface area contributed by atoms with E-state index in [2.05, 4.69) is 15.2 Å². The number of rotatable bonds is 3. The monoisotopic (exact) mass is 384 g/mol. The maximum absolute atomic E-state index is 13.3. The Morgan fingerprint density at radius 3 is 2.79 bits per heavy atom. The molecular formula is C20H21FN4O3. The van der Waals surface area contributed by atoms with Crippen molar-refractivity contribution in [2.75, 3.05) is 42.6 Å². The van der Waals surface area contributed by atoms with Gasteiger partial charge in [0, 0.05) is 32.6 Å². The predicted molar refractivity (Wildman–Crippen MR) is 102 cm³/mol. The summed E-state index contributed by atoms with van der Waals surface area (Å²) in [6.45, 7) is 3.19. The number of hydrogen-bond donors (Lipinski definition) is 1. The zero-order valence-corrected chi connectivity index (χ0v) is 15.4. The second-order valence-electron chi connectivity index (χ2n) is 6.75. The van der Waals surface area contributed by atoms with Gasteiger partial charge in [0.15, 0.2) is 5.78 Å². The lowest BCUT2D eigenvalue weighted by molar-refractivity contribution is 0.0976. The molecule has 0 atom stereocenters. The quantitative estimate of drug-likeness (QED) is 0.879. The van der Waals surface area contributed by atoms with Crippen molar-refractivity contribution in [1.82, 2.24) is 10.3 Å². The molecule has 1 aromatic carbocycles. The Labute approximate surface area is 162 Å². The van der Waals surface area contributed by atoms with Crippen molar-refractivity contribution in [3.63, 3.8) is 0 Å². The van der Waals surface area contributed by atoms with Gasteiger partial charge in [-0.2, -0.15) is 0 Å². The van der Waals surface area contributed by atoms with Crippen LogP contribution in [0.15, 0.2) is 36.4 Å². The molecule has 0 saturated carbocycles. The number of ether oxygens (including phenoxy) is 1. The van der Waals surface area contributed by atoms with Crippen molar-refractivity contribution in [1.29, 1.82) is 0 Å². The number of ketones is 1. The molecule has 7 nitrogen and oxygen atoms in total. The van der Waals surface area contributed by atoms with E-state index >= 15 is 0 Å². The number of aromatic nitrogens is 1. The third kappa shape index (κ3) is 3.82. The van der Waals surface area contributed by atoms with Crippen LogP contribution < -0.4 is 15.1 Å². The topological polar surface area (TPSA) is 74.8 Å². The first-order chi connectivity index (χ1) is 13.6. The zero-order chi connectivity index (χ0) is 19.5. The van der Waals surface area contributed by atoms with Crippen LogP contribution in [0.25, 0.3) is 0 Å². The van der Waals surface area contributed by atoms with E-state index in [4.69, 9.17) is 4.74 Å². The number of urea groups is 1. The molecule has 8 heteroatoms. The number of carbonyl (C=O) groups excluding carboxylic acids is 2. The minimum atomic E-state index is -0.347. The van der Waals surface area contributed by atoms with Crippen LogP contribution in [-0.2, 0) is 11.3 Å². The largest absolute Gasteiger partial charge is 0.378 e. The van der Waals surface area contributed by atoms with Gasteiger partial charge in [-0.3, -0.25) is 9.69 Å². The third-order valence-corrected chi connectivity index (χ3v) is 4.89. The molecule has 0 radical (unpaired) electrons. The number of amides is 2. The lowest BCUT2D eigenvalue weighted by atomic mass is 10.1. The number of benzene rings is 1. The highest BCUT2D eigenvalue weighted by Gasteiger charge is 2.29. The summed E-state index contributed by atoms with van der Waals surface area (Å²) in [5.41, 5.74) is 1.49. The van der Waals surface area contributed by atoms with E-state index in [9.17, 15) is 14.0 Å². The van der Waals surface area contributed by atoms with E-state index < -0.39 is 0 Å². The number of pyridine rings is 1. The van der Waals surface area contributed by atoms with Crippen molar-refractivity contribution in [3.05, 3.63) is 53.5 Å². The molecule has 1 saturated heterocycles. The standard InChI is InChI=1S/C20H21FN4O3/c21-15-3-1-2-14(12-15)13-22-20(27)25-7-6-17(26)19-16(25)4-5-18(23-19)24-8-10-28-11-9-24/h1-5,12H,6-11,13H2,(H,22,27). The van der Waals surface area contributed by atoms with Gasteiger partial charge < -0.3 is 15.0 Å². The number of anilines is 2. The third-order valence-electron chi connectivity index (χ3n) is 4.89. The molecule has 2 aromatic rings. The summed E-state index contributed by atoms with van der Waals surface area (Å²) in [7, 11) is 0. The van der Waals surface area contributed by atoms with E-state index in [1.54, 1.807) is 18.2 Å². The number of Topliss-reactive ketones (excluding diaryl/α,β-unsaturated/α-hetero) is 1. The summed E-state index contributed by atoms with van der Waals surface area (Å²) in [4.78, 5) is 33.2. The Morgan fingerprint density at radius 1 is 1.18 bits per heavy atom. The summed E-state index contributed by atoms with van der Waals surface area (Å²) in [5, 5.41) is 2.78. The van der Waals surface area contributed by atoms with Crippen molar-refractivity contribution in [2.24, 2.45) is 0 Å². The van der Waals surface area contributed by atoms with Crippen LogP contribution in [0.1, 0.15) is 22.5 Å². The summed E-state index contributed by atoms with van der Waals surface area (Å²) >= 11 is 0. The van der Waals surface area contributed by atoms with Crippen LogP contribution >= 0.6 is 0 Å². The van der Waals surface area contributed by atoms with E-state index in [0.717, 1.165) is 18.9 Å². The van der Waals surface area contributed by atoms with E-state index in [0.29, 0.717) is 36.7 Å². The Bertz CT molecular complexity index is 899. The lowest BCUT2D eigenvalue weighted by Gasteiger charge is -2.31. The Hall–Kier alpha value is -3.00. The van der Waals surface area contributed by atoms with E-state index in [1.165, 1.54) is 17.0 Å². The van der Waals surface area contributed by atoms with Gasteiger partial charge in [0.05, 0.1) is 18.9 Å². The van der Waals surface area contributed by atoms with Gasteiger partial charge in [0.25, 0.3) is 0 Å². The molecule has 146 valence electrons. The first-order valence-corrected chi connectivity index (χ1v) is 9.28. The predicted octanol–water partition coefficient (Wildman–Crippen LogP) is 2.36.